The molecule has 30 heavy (non-hydrogen) atoms. The molecule has 2 amide bonds. The van der Waals surface area contributed by atoms with E-state index >= 15 is 0 Å². The minimum atomic E-state index is -0.194. The fourth-order valence-corrected chi connectivity index (χ4v) is 4.90. The maximum absolute atomic E-state index is 13.0. The SMILES string of the molecule is O=C(NCCCN1CCCC1=O)c1ccc2c(=O)n(C3CCCCC3)c(=S)[nH]c2c1. The molecule has 2 aromatic rings. The van der Waals surface area contributed by atoms with E-state index in [4.69, 9.17) is 12.2 Å². The second-order valence-electron chi connectivity index (χ2n) is 8.25. The molecular formula is C22H28N4O3S. The average molecular weight is 429 g/mol. The molecule has 0 radical (unpaired) electrons. The first-order chi connectivity index (χ1) is 14.5. The Morgan fingerprint density at radius 3 is 2.70 bits per heavy atom. The molecule has 1 aromatic carbocycles. The molecule has 4 rings (SSSR count). The summed E-state index contributed by atoms with van der Waals surface area (Å²) in [5.74, 6) is 0.00502. The zero-order chi connectivity index (χ0) is 21.1. The summed E-state index contributed by atoms with van der Waals surface area (Å²) in [6.07, 6.45) is 7.68. The van der Waals surface area contributed by atoms with E-state index in [1.807, 2.05) is 4.90 Å². The molecule has 1 aliphatic carbocycles. The van der Waals surface area contributed by atoms with Gasteiger partial charge >= 0.3 is 0 Å². The Labute approximate surface area is 180 Å². The van der Waals surface area contributed by atoms with Gasteiger partial charge in [0.1, 0.15) is 0 Å². The third-order valence-corrected chi connectivity index (χ3v) is 6.49. The molecule has 2 N–H and O–H groups in total. The number of likely N-dealkylation sites (tertiary alicyclic amines) is 1. The van der Waals surface area contributed by atoms with Gasteiger partial charge in [0.25, 0.3) is 11.5 Å². The number of aromatic amines is 1. The molecule has 7 nitrogen and oxygen atoms in total. The molecular weight excluding hydrogens is 400 g/mol. The maximum Gasteiger partial charge on any atom is 0.262 e. The van der Waals surface area contributed by atoms with E-state index in [2.05, 4.69) is 10.3 Å². The zero-order valence-electron chi connectivity index (χ0n) is 17.1. The van der Waals surface area contributed by atoms with Gasteiger partial charge in [0.15, 0.2) is 4.77 Å². The highest BCUT2D eigenvalue weighted by atomic mass is 32.1. The third kappa shape index (κ3) is 4.33. The van der Waals surface area contributed by atoms with E-state index in [-0.39, 0.29) is 23.4 Å². The number of amides is 2. The summed E-state index contributed by atoms with van der Waals surface area (Å²) in [6, 6.07) is 5.24. The Hall–Kier alpha value is -2.48. The summed E-state index contributed by atoms with van der Waals surface area (Å²) in [6.45, 7) is 1.99. The lowest BCUT2D eigenvalue weighted by molar-refractivity contribution is -0.127. The molecule has 1 aliphatic heterocycles. The monoisotopic (exact) mass is 428 g/mol. The van der Waals surface area contributed by atoms with E-state index in [0.717, 1.165) is 45.1 Å². The molecule has 0 atom stereocenters. The highest BCUT2D eigenvalue weighted by molar-refractivity contribution is 7.71. The van der Waals surface area contributed by atoms with Gasteiger partial charge < -0.3 is 15.2 Å². The maximum atomic E-state index is 13.0. The fourth-order valence-electron chi connectivity index (χ4n) is 4.56. The van der Waals surface area contributed by atoms with E-state index in [9.17, 15) is 14.4 Å². The number of nitrogens with zero attached hydrogens (tertiary/aromatic N) is 2. The van der Waals surface area contributed by atoms with Crippen LogP contribution in [0, 0.1) is 4.77 Å². The van der Waals surface area contributed by atoms with Crippen molar-refractivity contribution in [1.29, 1.82) is 0 Å². The van der Waals surface area contributed by atoms with Gasteiger partial charge in [-0.3, -0.25) is 19.0 Å². The lowest BCUT2D eigenvalue weighted by atomic mass is 9.95. The first-order valence-corrected chi connectivity index (χ1v) is 11.3. The van der Waals surface area contributed by atoms with Crippen molar-refractivity contribution in [2.75, 3.05) is 19.6 Å². The summed E-state index contributed by atoms with van der Waals surface area (Å²) < 4.78 is 2.14. The van der Waals surface area contributed by atoms with Crippen molar-refractivity contribution in [2.24, 2.45) is 0 Å². The van der Waals surface area contributed by atoms with Crippen molar-refractivity contribution in [1.82, 2.24) is 19.8 Å². The van der Waals surface area contributed by atoms with Crippen LogP contribution in [0.3, 0.4) is 0 Å². The quantitative estimate of drug-likeness (QED) is 0.546. The van der Waals surface area contributed by atoms with Gasteiger partial charge in [0.05, 0.1) is 10.9 Å². The third-order valence-electron chi connectivity index (χ3n) is 6.19. The molecule has 8 heteroatoms. The van der Waals surface area contributed by atoms with Crippen LogP contribution in [0.1, 0.15) is 67.8 Å². The number of aromatic nitrogens is 2. The number of nitrogens with one attached hydrogen (secondary N) is 2. The van der Waals surface area contributed by atoms with Crippen molar-refractivity contribution in [2.45, 2.75) is 57.4 Å². The van der Waals surface area contributed by atoms with Crippen molar-refractivity contribution in [3.05, 3.63) is 38.9 Å². The average Bonchev–Trinajstić information content (AvgIpc) is 3.16. The number of H-pyrrole nitrogens is 1. The number of carbonyl (C=O) groups is 2. The second-order valence-corrected chi connectivity index (χ2v) is 8.64. The second kappa shape index (κ2) is 9.12. The Morgan fingerprint density at radius 1 is 1.17 bits per heavy atom. The first kappa shape index (κ1) is 20.8. The standard InChI is InChI=1S/C22H28N4O3S/c27-19-8-4-12-25(19)13-5-11-23-20(28)15-9-10-17-18(14-15)24-22(30)26(21(17)29)16-6-2-1-3-7-16/h9-10,14,16H,1-8,11-13H2,(H,23,28)(H,24,30). The van der Waals surface area contributed by atoms with E-state index in [1.165, 1.54) is 6.42 Å². The Kier molecular flexibility index (Phi) is 6.32. The Bertz CT molecular complexity index is 1070. The van der Waals surface area contributed by atoms with Crippen LogP contribution < -0.4 is 10.9 Å². The summed E-state index contributed by atoms with van der Waals surface area (Å²) >= 11 is 5.48. The fraction of sp³-hybridized carbons (Fsp3) is 0.545. The van der Waals surface area contributed by atoms with Crippen molar-refractivity contribution >= 4 is 34.9 Å². The van der Waals surface area contributed by atoms with Crippen LogP contribution in [0.4, 0.5) is 0 Å². The van der Waals surface area contributed by atoms with E-state index in [1.54, 1.807) is 22.8 Å². The van der Waals surface area contributed by atoms with Crippen molar-refractivity contribution in [3.8, 4) is 0 Å². The number of carbonyl (C=O) groups excluding carboxylic acids is 2. The highest BCUT2D eigenvalue weighted by Crippen LogP contribution is 2.27. The molecule has 2 aliphatic rings. The van der Waals surface area contributed by atoms with Crippen LogP contribution in [-0.4, -0.2) is 45.9 Å². The van der Waals surface area contributed by atoms with Crippen LogP contribution in [0.25, 0.3) is 10.9 Å². The van der Waals surface area contributed by atoms with Crippen molar-refractivity contribution in [3.63, 3.8) is 0 Å². The molecule has 1 aromatic heterocycles. The topological polar surface area (TPSA) is 87.2 Å². The molecule has 0 unspecified atom stereocenters. The van der Waals surface area contributed by atoms with Crippen LogP contribution >= 0.6 is 12.2 Å². The van der Waals surface area contributed by atoms with Gasteiger partial charge in [0.2, 0.25) is 5.91 Å². The predicted molar refractivity (Wildman–Crippen MR) is 118 cm³/mol. The molecule has 1 saturated carbocycles. The van der Waals surface area contributed by atoms with Gasteiger partial charge in [-0.2, -0.15) is 0 Å². The lowest BCUT2D eigenvalue weighted by Crippen LogP contribution is -2.31. The van der Waals surface area contributed by atoms with Gasteiger partial charge in [-0.15, -0.1) is 0 Å². The predicted octanol–water partition coefficient (Wildman–Crippen LogP) is 3.31. The Balaban J connectivity index is 1.45. The van der Waals surface area contributed by atoms with E-state index in [0.29, 0.717) is 40.7 Å². The minimum Gasteiger partial charge on any atom is -0.352 e. The number of benzene rings is 1. The van der Waals surface area contributed by atoms with Gasteiger partial charge in [0, 0.05) is 37.7 Å². The zero-order valence-corrected chi connectivity index (χ0v) is 17.9. The van der Waals surface area contributed by atoms with Gasteiger partial charge in [-0.1, -0.05) is 19.3 Å². The minimum absolute atomic E-state index is 0.0807. The number of fused-ring (bicyclic) bond motifs is 1. The van der Waals surface area contributed by atoms with E-state index < -0.39 is 0 Å². The molecule has 0 spiro atoms. The highest BCUT2D eigenvalue weighted by Gasteiger charge is 2.20. The lowest BCUT2D eigenvalue weighted by Gasteiger charge is -2.24. The normalized spacial score (nSPS) is 17.6. The molecule has 2 heterocycles. The molecule has 2 fully saturated rings. The van der Waals surface area contributed by atoms with Gasteiger partial charge in [-0.05, 0) is 56.1 Å². The molecule has 1 saturated heterocycles. The Morgan fingerprint density at radius 2 is 1.97 bits per heavy atom. The molecule has 160 valence electrons. The number of hydrogen-bond acceptors (Lipinski definition) is 4. The van der Waals surface area contributed by atoms with Gasteiger partial charge in [-0.25, -0.2) is 0 Å². The number of hydrogen-bond donors (Lipinski definition) is 2. The van der Waals surface area contributed by atoms with Crippen LogP contribution in [-0.2, 0) is 4.79 Å². The first-order valence-electron chi connectivity index (χ1n) is 10.9. The summed E-state index contributed by atoms with van der Waals surface area (Å²) in [5.41, 5.74) is 0.996. The van der Waals surface area contributed by atoms with Crippen LogP contribution in [0.15, 0.2) is 23.0 Å². The van der Waals surface area contributed by atoms with Crippen LogP contribution in [0.2, 0.25) is 0 Å². The van der Waals surface area contributed by atoms with Crippen molar-refractivity contribution < 1.29 is 9.59 Å². The number of rotatable bonds is 6. The molecule has 0 bridgehead atoms. The summed E-state index contributed by atoms with van der Waals surface area (Å²) in [4.78, 5) is 42.2. The summed E-state index contributed by atoms with van der Waals surface area (Å²) in [5, 5.41) is 3.45. The van der Waals surface area contributed by atoms with Crippen LogP contribution in [0.5, 0.6) is 0 Å². The largest absolute Gasteiger partial charge is 0.352 e. The summed E-state index contributed by atoms with van der Waals surface area (Å²) in [7, 11) is 0. The smallest absolute Gasteiger partial charge is 0.262 e.